The number of fused-ring (bicyclic) bond motifs is 1. The zero-order chi connectivity index (χ0) is 28.9. The lowest BCUT2D eigenvalue weighted by Crippen LogP contribution is -2.52. The molecule has 0 saturated heterocycles. The first-order chi connectivity index (χ1) is 19.2. The number of alkyl carbamates (subject to hydrolysis) is 1. The molecule has 2 aromatic rings. The summed E-state index contributed by atoms with van der Waals surface area (Å²) in [7, 11) is 0. The Labute approximate surface area is 229 Å². The fraction of sp³-hybridized carbons (Fsp3) is 0.259. The van der Waals surface area contributed by atoms with Crippen LogP contribution in [0.5, 0.6) is 0 Å². The molecule has 0 aromatic heterocycles. The number of nitrogens with one attached hydrogen (secondary N) is 5. The summed E-state index contributed by atoms with van der Waals surface area (Å²) in [6, 6.07) is 12.6. The SMILES string of the molecule is C=CCOC(=O)NCC(=O)NCC(=O)N[C@@H](Cc1ccccc1)C(=O)NCC(=O)Nc1ccc2c(c1)C(=O)OC2. The highest BCUT2D eigenvalue weighted by atomic mass is 16.5. The van der Waals surface area contributed by atoms with Gasteiger partial charge in [0.15, 0.2) is 0 Å². The molecule has 1 aliphatic heterocycles. The Bertz CT molecular complexity index is 1280. The normalized spacial score (nSPS) is 12.2. The monoisotopic (exact) mass is 551 g/mol. The predicted octanol–water partition coefficient (Wildman–Crippen LogP) is 0.168. The molecule has 0 spiro atoms. The molecule has 1 atom stereocenters. The largest absolute Gasteiger partial charge is 0.457 e. The fourth-order valence-corrected chi connectivity index (χ4v) is 3.57. The molecule has 2 aromatic carbocycles. The van der Waals surface area contributed by atoms with Crippen LogP contribution in [0.4, 0.5) is 10.5 Å². The van der Waals surface area contributed by atoms with Crippen LogP contribution in [0, 0.1) is 0 Å². The average Bonchev–Trinajstić information content (AvgIpc) is 3.32. The molecular formula is C27H29N5O8. The Hall–Kier alpha value is -5.20. The van der Waals surface area contributed by atoms with E-state index in [4.69, 9.17) is 4.74 Å². The highest BCUT2D eigenvalue weighted by Gasteiger charge is 2.23. The van der Waals surface area contributed by atoms with Gasteiger partial charge in [-0.3, -0.25) is 19.2 Å². The Morgan fingerprint density at radius 3 is 2.40 bits per heavy atom. The number of esters is 1. The van der Waals surface area contributed by atoms with Gasteiger partial charge in [0.25, 0.3) is 0 Å². The highest BCUT2D eigenvalue weighted by molar-refractivity contribution is 5.99. The first-order valence-electron chi connectivity index (χ1n) is 12.2. The maximum absolute atomic E-state index is 12.9. The van der Waals surface area contributed by atoms with Crippen LogP contribution in [0.15, 0.2) is 61.2 Å². The van der Waals surface area contributed by atoms with Crippen LogP contribution in [0.3, 0.4) is 0 Å². The van der Waals surface area contributed by atoms with Crippen molar-refractivity contribution in [3.63, 3.8) is 0 Å². The summed E-state index contributed by atoms with van der Waals surface area (Å²) in [5, 5.41) is 12.2. The van der Waals surface area contributed by atoms with Gasteiger partial charge in [-0.25, -0.2) is 9.59 Å². The number of hydrogen-bond donors (Lipinski definition) is 5. The predicted molar refractivity (Wildman–Crippen MR) is 142 cm³/mol. The molecule has 5 N–H and O–H groups in total. The summed E-state index contributed by atoms with van der Waals surface area (Å²) in [5.74, 6) is -2.95. The highest BCUT2D eigenvalue weighted by Crippen LogP contribution is 2.23. The van der Waals surface area contributed by atoms with E-state index in [1.54, 1.807) is 42.5 Å². The van der Waals surface area contributed by atoms with Crippen LogP contribution >= 0.6 is 0 Å². The molecule has 5 amide bonds. The average molecular weight is 552 g/mol. The van der Waals surface area contributed by atoms with E-state index in [1.807, 2.05) is 0 Å². The third kappa shape index (κ3) is 9.28. The molecule has 3 rings (SSSR count). The molecular weight excluding hydrogens is 522 g/mol. The standard InChI is InChI=1S/C27H29N5O8/c1-2-10-39-27(38)30-13-22(33)28-14-24(35)32-21(11-17-6-4-3-5-7-17)25(36)29-15-23(34)31-19-9-8-18-16-40-26(37)20(18)12-19/h2-9,12,21H,1,10-11,13-16H2,(H,28,33)(H,29,36)(H,30,38)(H,31,34)(H,32,35)/t21-/m0/s1. The van der Waals surface area contributed by atoms with Crippen molar-refractivity contribution < 1.29 is 38.2 Å². The maximum Gasteiger partial charge on any atom is 0.407 e. The van der Waals surface area contributed by atoms with E-state index >= 15 is 0 Å². The molecule has 0 saturated carbocycles. The second-order valence-corrected chi connectivity index (χ2v) is 8.54. The van der Waals surface area contributed by atoms with E-state index in [9.17, 15) is 28.8 Å². The van der Waals surface area contributed by atoms with Crippen molar-refractivity contribution in [3.05, 3.63) is 77.9 Å². The number of benzene rings is 2. The lowest BCUT2D eigenvalue weighted by molar-refractivity contribution is -0.130. The minimum Gasteiger partial charge on any atom is -0.457 e. The van der Waals surface area contributed by atoms with Crippen molar-refractivity contribution in [3.8, 4) is 0 Å². The molecule has 1 heterocycles. The van der Waals surface area contributed by atoms with Gasteiger partial charge in [0, 0.05) is 17.7 Å². The number of carbonyl (C=O) groups excluding carboxylic acids is 6. The van der Waals surface area contributed by atoms with Gasteiger partial charge in [0.05, 0.1) is 18.7 Å². The second-order valence-electron chi connectivity index (χ2n) is 8.54. The van der Waals surface area contributed by atoms with Crippen LogP contribution in [-0.4, -0.2) is 68.0 Å². The van der Waals surface area contributed by atoms with Crippen molar-refractivity contribution in [1.82, 2.24) is 21.3 Å². The van der Waals surface area contributed by atoms with E-state index < -0.39 is 61.4 Å². The number of carbonyl (C=O) groups is 6. The zero-order valence-corrected chi connectivity index (χ0v) is 21.5. The summed E-state index contributed by atoms with van der Waals surface area (Å²) in [5.41, 5.74) is 2.20. The molecule has 0 bridgehead atoms. The number of rotatable bonds is 13. The molecule has 1 aliphatic rings. The topological polar surface area (TPSA) is 181 Å². The third-order valence-electron chi connectivity index (χ3n) is 5.50. The van der Waals surface area contributed by atoms with Gasteiger partial charge in [-0.2, -0.15) is 0 Å². The first kappa shape index (κ1) is 29.4. The molecule has 0 fully saturated rings. The van der Waals surface area contributed by atoms with E-state index in [-0.39, 0.29) is 19.6 Å². The van der Waals surface area contributed by atoms with Crippen LogP contribution in [0.25, 0.3) is 0 Å². The van der Waals surface area contributed by atoms with Crippen molar-refractivity contribution in [2.75, 3.05) is 31.6 Å². The fourth-order valence-electron chi connectivity index (χ4n) is 3.57. The van der Waals surface area contributed by atoms with E-state index in [1.165, 1.54) is 12.1 Å². The minimum atomic E-state index is -1.05. The smallest absolute Gasteiger partial charge is 0.407 e. The summed E-state index contributed by atoms with van der Waals surface area (Å²) in [6.07, 6.45) is 0.672. The van der Waals surface area contributed by atoms with Gasteiger partial charge in [0.2, 0.25) is 23.6 Å². The van der Waals surface area contributed by atoms with Crippen LogP contribution in [-0.2, 0) is 41.7 Å². The van der Waals surface area contributed by atoms with Gasteiger partial charge >= 0.3 is 12.1 Å². The van der Waals surface area contributed by atoms with Gasteiger partial charge in [-0.05, 0) is 17.7 Å². The van der Waals surface area contributed by atoms with Crippen molar-refractivity contribution in [2.24, 2.45) is 0 Å². The number of anilines is 1. The Morgan fingerprint density at radius 2 is 1.65 bits per heavy atom. The molecule has 40 heavy (non-hydrogen) atoms. The molecule has 0 unspecified atom stereocenters. The first-order valence-corrected chi connectivity index (χ1v) is 12.2. The Kier molecular flexibility index (Phi) is 10.8. The van der Waals surface area contributed by atoms with Gasteiger partial charge in [0.1, 0.15) is 25.8 Å². The second kappa shape index (κ2) is 14.7. The maximum atomic E-state index is 12.9. The summed E-state index contributed by atoms with van der Waals surface area (Å²) >= 11 is 0. The molecule has 210 valence electrons. The van der Waals surface area contributed by atoms with E-state index in [0.29, 0.717) is 16.8 Å². The molecule has 13 heteroatoms. The minimum absolute atomic E-state index is 0.0210. The summed E-state index contributed by atoms with van der Waals surface area (Å²) < 4.78 is 9.62. The molecule has 0 aliphatic carbocycles. The lowest BCUT2D eigenvalue weighted by atomic mass is 10.1. The molecule has 13 nitrogen and oxygen atoms in total. The lowest BCUT2D eigenvalue weighted by Gasteiger charge is -2.19. The van der Waals surface area contributed by atoms with Gasteiger partial charge < -0.3 is 36.1 Å². The number of cyclic esters (lactones) is 1. The summed E-state index contributed by atoms with van der Waals surface area (Å²) in [4.78, 5) is 72.9. The van der Waals surface area contributed by atoms with Crippen molar-refractivity contribution >= 4 is 41.4 Å². The van der Waals surface area contributed by atoms with E-state index in [0.717, 1.165) is 5.56 Å². The van der Waals surface area contributed by atoms with Gasteiger partial charge in [-0.1, -0.05) is 49.1 Å². The number of amides is 5. The Morgan fingerprint density at radius 1 is 0.925 bits per heavy atom. The van der Waals surface area contributed by atoms with Crippen LogP contribution in [0.2, 0.25) is 0 Å². The van der Waals surface area contributed by atoms with E-state index in [2.05, 4.69) is 37.9 Å². The summed E-state index contributed by atoms with van der Waals surface area (Å²) in [6.45, 7) is 2.28. The molecule has 0 radical (unpaired) electrons. The number of hydrogen-bond acceptors (Lipinski definition) is 8. The van der Waals surface area contributed by atoms with Crippen molar-refractivity contribution in [2.45, 2.75) is 19.1 Å². The number of ether oxygens (including phenoxy) is 2. The quantitative estimate of drug-likeness (QED) is 0.172. The Balaban J connectivity index is 1.51. The third-order valence-corrected chi connectivity index (χ3v) is 5.50. The van der Waals surface area contributed by atoms with Crippen molar-refractivity contribution in [1.29, 1.82) is 0 Å². The van der Waals surface area contributed by atoms with Crippen LogP contribution < -0.4 is 26.6 Å². The van der Waals surface area contributed by atoms with Crippen LogP contribution in [0.1, 0.15) is 21.5 Å². The van der Waals surface area contributed by atoms with Gasteiger partial charge in [-0.15, -0.1) is 0 Å². The zero-order valence-electron chi connectivity index (χ0n) is 21.5.